The summed E-state index contributed by atoms with van der Waals surface area (Å²) in [4.78, 5) is 0. The summed E-state index contributed by atoms with van der Waals surface area (Å²) in [7, 11) is 0. The zero-order valence-electron chi connectivity index (χ0n) is 12.9. The molecule has 1 unspecified atom stereocenters. The second-order valence-electron chi connectivity index (χ2n) is 5.29. The molecule has 0 radical (unpaired) electrons. The van der Waals surface area contributed by atoms with Gasteiger partial charge in [0.1, 0.15) is 0 Å². The first-order valence-corrected chi connectivity index (χ1v) is 8.29. The lowest BCUT2D eigenvalue weighted by Gasteiger charge is -2.18. The Balaban J connectivity index is 1.94. The molecular weight excluding hydrogens is 312 g/mol. The molecule has 0 aliphatic rings. The van der Waals surface area contributed by atoms with Crippen molar-refractivity contribution in [2.75, 3.05) is 5.32 Å². The molecular formula is C18H21ClN2S. The Bertz CT molecular complexity index is 625. The summed E-state index contributed by atoms with van der Waals surface area (Å²) < 4.78 is 0. The fourth-order valence-electron chi connectivity index (χ4n) is 2.26. The van der Waals surface area contributed by atoms with Gasteiger partial charge in [0.2, 0.25) is 0 Å². The van der Waals surface area contributed by atoms with Gasteiger partial charge in [0.15, 0.2) is 5.11 Å². The van der Waals surface area contributed by atoms with E-state index in [1.54, 1.807) is 0 Å². The highest BCUT2D eigenvalue weighted by Gasteiger charge is 2.08. The van der Waals surface area contributed by atoms with E-state index in [1.165, 1.54) is 17.5 Å². The van der Waals surface area contributed by atoms with E-state index in [2.05, 4.69) is 48.7 Å². The van der Waals surface area contributed by atoms with Gasteiger partial charge < -0.3 is 10.6 Å². The van der Waals surface area contributed by atoms with Crippen molar-refractivity contribution in [1.29, 1.82) is 0 Å². The van der Waals surface area contributed by atoms with Gasteiger partial charge in [0.25, 0.3) is 0 Å². The van der Waals surface area contributed by atoms with Crippen LogP contribution in [0.1, 0.15) is 37.4 Å². The fourth-order valence-corrected chi connectivity index (χ4v) is 2.73. The van der Waals surface area contributed by atoms with E-state index in [9.17, 15) is 0 Å². The number of rotatable bonds is 5. The Labute approximate surface area is 142 Å². The molecule has 0 heterocycles. The molecule has 0 aliphatic heterocycles. The summed E-state index contributed by atoms with van der Waals surface area (Å²) in [5.74, 6) is 0. The number of hydrogen-bond donors (Lipinski definition) is 2. The molecule has 0 aromatic heterocycles. The minimum absolute atomic E-state index is 0.137. The molecule has 2 N–H and O–H groups in total. The van der Waals surface area contributed by atoms with Crippen LogP contribution >= 0.6 is 23.8 Å². The van der Waals surface area contributed by atoms with Crippen molar-refractivity contribution in [2.24, 2.45) is 0 Å². The van der Waals surface area contributed by atoms with Crippen LogP contribution in [0.2, 0.25) is 5.02 Å². The van der Waals surface area contributed by atoms with Crippen LogP contribution in [0.5, 0.6) is 0 Å². The molecule has 22 heavy (non-hydrogen) atoms. The Morgan fingerprint density at radius 3 is 2.45 bits per heavy atom. The van der Waals surface area contributed by atoms with Crippen molar-refractivity contribution in [3.63, 3.8) is 0 Å². The lowest BCUT2D eigenvalue weighted by molar-refractivity contribution is 0.722. The summed E-state index contributed by atoms with van der Waals surface area (Å²) in [6.07, 6.45) is 2.29. The number of hydrogen-bond acceptors (Lipinski definition) is 1. The number of thiocarbonyl (C=S) groups is 1. The van der Waals surface area contributed by atoms with Gasteiger partial charge in [-0.05, 0) is 48.8 Å². The molecule has 0 amide bonds. The summed E-state index contributed by atoms with van der Waals surface area (Å²) in [5.41, 5.74) is 3.39. The van der Waals surface area contributed by atoms with Crippen LogP contribution in [0.4, 0.5) is 5.69 Å². The van der Waals surface area contributed by atoms with Gasteiger partial charge in [0, 0.05) is 0 Å². The molecule has 0 aliphatic carbocycles. The van der Waals surface area contributed by atoms with Crippen LogP contribution in [0.3, 0.4) is 0 Å². The molecule has 2 aromatic rings. The van der Waals surface area contributed by atoms with Crippen LogP contribution in [0.25, 0.3) is 0 Å². The van der Waals surface area contributed by atoms with Crippen molar-refractivity contribution in [2.45, 2.75) is 32.7 Å². The lowest BCUT2D eigenvalue weighted by atomic mass is 10.0. The average Bonchev–Trinajstić information content (AvgIpc) is 2.50. The number of benzene rings is 2. The van der Waals surface area contributed by atoms with Gasteiger partial charge in [-0.2, -0.15) is 0 Å². The monoisotopic (exact) mass is 332 g/mol. The van der Waals surface area contributed by atoms with Crippen LogP contribution in [-0.4, -0.2) is 5.11 Å². The van der Waals surface area contributed by atoms with Crippen molar-refractivity contribution in [3.8, 4) is 0 Å². The third-order valence-corrected chi connectivity index (χ3v) is 4.04. The number of anilines is 1. The van der Waals surface area contributed by atoms with Crippen molar-refractivity contribution in [3.05, 3.63) is 64.7 Å². The first-order chi connectivity index (χ1) is 10.6. The molecule has 0 bridgehead atoms. The average molecular weight is 333 g/mol. The Morgan fingerprint density at radius 1 is 1.14 bits per heavy atom. The minimum Gasteiger partial charge on any atom is -0.356 e. The van der Waals surface area contributed by atoms with E-state index in [4.69, 9.17) is 23.8 Å². The van der Waals surface area contributed by atoms with Crippen LogP contribution in [0.15, 0.2) is 48.5 Å². The van der Waals surface area contributed by atoms with E-state index in [0.717, 1.165) is 12.1 Å². The third kappa shape index (κ3) is 4.72. The zero-order chi connectivity index (χ0) is 15.9. The van der Waals surface area contributed by atoms with Crippen molar-refractivity contribution >= 4 is 34.6 Å². The highest BCUT2D eigenvalue weighted by atomic mass is 35.5. The van der Waals surface area contributed by atoms with E-state index in [-0.39, 0.29) is 6.04 Å². The summed E-state index contributed by atoms with van der Waals surface area (Å²) in [5, 5.41) is 7.64. The standard InChI is InChI=1S/C18H21ClN2S/c1-3-6-14-9-11-15(12-10-14)13(2)20-18(22)21-17-8-5-4-7-16(17)19/h4-5,7-13H,3,6H2,1-2H3,(H2,20,21,22). The molecule has 116 valence electrons. The van der Waals surface area contributed by atoms with E-state index in [1.807, 2.05) is 24.3 Å². The van der Waals surface area contributed by atoms with Gasteiger partial charge in [-0.3, -0.25) is 0 Å². The summed E-state index contributed by atoms with van der Waals surface area (Å²) in [6, 6.07) is 16.4. The summed E-state index contributed by atoms with van der Waals surface area (Å²) in [6.45, 7) is 4.28. The highest BCUT2D eigenvalue weighted by molar-refractivity contribution is 7.80. The highest BCUT2D eigenvalue weighted by Crippen LogP contribution is 2.21. The smallest absolute Gasteiger partial charge is 0.171 e. The van der Waals surface area contributed by atoms with Gasteiger partial charge in [-0.25, -0.2) is 0 Å². The molecule has 0 spiro atoms. The van der Waals surface area contributed by atoms with Gasteiger partial charge >= 0.3 is 0 Å². The van der Waals surface area contributed by atoms with Crippen LogP contribution in [0, 0.1) is 0 Å². The van der Waals surface area contributed by atoms with Gasteiger partial charge in [-0.1, -0.05) is 61.3 Å². The molecule has 0 saturated heterocycles. The fraction of sp³-hybridized carbons (Fsp3) is 0.278. The predicted octanol–water partition coefficient (Wildman–Crippen LogP) is 5.34. The van der Waals surface area contributed by atoms with Crippen molar-refractivity contribution < 1.29 is 0 Å². The quantitative estimate of drug-likeness (QED) is 0.723. The maximum Gasteiger partial charge on any atom is 0.171 e. The SMILES string of the molecule is CCCc1ccc(C(C)NC(=S)Nc2ccccc2Cl)cc1. The van der Waals surface area contributed by atoms with Gasteiger partial charge in [0.05, 0.1) is 16.8 Å². The normalized spacial score (nSPS) is 11.8. The van der Waals surface area contributed by atoms with Gasteiger partial charge in [-0.15, -0.1) is 0 Å². The molecule has 1 atom stereocenters. The topological polar surface area (TPSA) is 24.1 Å². The maximum atomic E-state index is 6.12. The Kier molecular flexibility index (Phi) is 6.22. The molecule has 2 rings (SSSR count). The molecule has 2 nitrogen and oxygen atoms in total. The minimum atomic E-state index is 0.137. The number of nitrogens with one attached hydrogen (secondary N) is 2. The zero-order valence-corrected chi connectivity index (χ0v) is 14.5. The maximum absolute atomic E-state index is 6.12. The third-order valence-electron chi connectivity index (χ3n) is 3.49. The van der Waals surface area contributed by atoms with E-state index in [0.29, 0.717) is 10.1 Å². The number of para-hydroxylation sites is 1. The number of aryl methyl sites for hydroxylation is 1. The molecule has 0 saturated carbocycles. The van der Waals surface area contributed by atoms with Crippen LogP contribution < -0.4 is 10.6 Å². The van der Waals surface area contributed by atoms with Crippen molar-refractivity contribution in [1.82, 2.24) is 5.32 Å². The second-order valence-corrected chi connectivity index (χ2v) is 6.11. The summed E-state index contributed by atoms with van der Waals surface area (Å²) >= 11 is 11.5. The molecule has 0 fully saturated rings. The van der Waals surface area contributed by atoms with Crippen LogP contribution in [-0.2, 0) is 6.42 Å². The number of halogens is 1. The first-order valence-electron chi connectivity index (χ1n) is 7.51. The van der Waals surface area contributed by atoms with E-state index >= 15 is 0 Å². The largest absolute Gasteiger partial charge is 0.356 e. The molecule has 4 heteroatoms. The Hall–Kier alpha value is -1.58. The predicted molar refractivity (Wildman–Crippen MR) is 99.7 cm³/mol. The van der Waals surface area contributed by atoms with E-state index < -0.39 is 0 Å². The first kappa shape index (κ1) is 16.8. The lowest BCUT2D eigenvalue weighted by Crippen LogP contribution is -2.30. The molecule has 2 aromatic carbocycles. The Morgan fingerprint density at radius 2 is 1.82 bits per heavy atom. The second kappa shape index (κ2) is 8.16.